The fourth-order valence-corrected chi connectivity index (χ4v) is 2.35. The molecule has 0 aliphatic rings. The minimum absolute atomic E-state index is 0.0707. The maximum atomic E-state index is 12.3. The van der Waals surface area contributed by atoms with Crippen LogP contribution in [0.2, 0.25) is 0 Å². The minimum atomic E-state index is -0.0707. The summed E-state index contributed by atoms with van der Waals surface area (Å²) in [6, 6.07) is 5.49. The number of hydrogen-bond acceptors (Lipinski definition) is 4. The van der Waals surface area contributed by atoms with Crippen molar-refractivity contribution in [2.75, 3.05) is 12.8 Å². The highest BCUT2D eigenvalue weighted by Crippen LogP contribution is 2.19. The number of nitrogens with zero attached hydrogens (tertiary/aromatic N) is 2. The highest BCUT2D eigenvalue weighted by Gasteiger charge is 2.17. The van der Waals surface area contributed by atoms with E-state index in [9.17, 15) is 4.79 Å². The van der Waals surface area contributed by atoms with E-state index in [1.165, 1.54) is 11.3 Å². The number of rotatable bonds is 3. The van der Waals surface area contributed by atoms with Gasteiger partial charge in [-0.25, -0.2) is 4.98 Å². The number of amides is 1. The predicted molar refractivity (Wildman–Crippen MR) is 73.5 cm³/mol. The van der Waals surface area contributed by atoms with Crippen LogP contribution in [0.1, 0.15) is 21.6 Å². The third-order valence-corrected chi connectivity index (χ3v) is 3.38. The lowest BCUT2D eigenvalue weighted by Gasteiger charge is -2.18. The van der Waals surface area contributed by atoms with Gasteiger partial charge in [0.25, 0.3) is 5.91 Å². The van der Waals surface area contributed by atoms with E-state index in [0.717, 1.165) is 11.3 Å². The number of aryl methyl sites for hydroxylation is 1. The quantitative estimate of drug-likeness (QED) is 0.862. The van der Waals surface area contributed by atoms with Gasteiger partial charge in [-0.05, 0) is 18.6 Å². The predicted octanol–water partition coefficient (Wildman–Crippen LogP) is 2.31. The lowest BCUT2D eigenvalue weighted by molar-refractivity contribution is 0.0784. The summed E-state index contributed by atoms with van der Waals surface area (Å²) in [6.07, 6.45) is 0. The molecule has 1 amide bonds. The fraction of sp³-hybridized carbons (Fsp3) is 0.231. The molecule has 0 atom stereocenters. The van der Waals surface area contributed by atoms with E-state index in [4.69, 9.17) is 5.73 Å². The first-order valence-corrected chi connectivity index (χ1v) is 6.51. The van der Waals surface area contributed by atoms with Crippen LogP contribution >= 0.6 is 11.3 Å². The third-order valence-electron chi connectivity index (χ3n) is 2.75. The summed E-state index contributed by atoms with van der Waals surface area (Å²) < 4.78 is 0. The van der Waals surface area contributed by atoms with Crippen molar-refractivity contribution in [2.24, 2.45) is 0 Å². The molecule has 2 rings (SSSR count). The first-order valence-electron chi connectivity index (χ1n) is 5.57. The van der Waals surface area contributed by atoms with Crippen molar-refractivity contribution in [1.29, 1.82) is 0 Å². The lowest BCUT2D eigenvalue weighted by Crippen LogP contribution is -2.27. The number of nitrogen functional groups attached to an aromatic ring is 1. The molecule has 0 aliphatic carbocycles. The summed E-state index contributed by atoms with van der Waals surface area (Å²) in [5, 5.41) is 1.94. The van der Waals surface area contributed by atoms with Crippen molar-refractivity contribution in [3.8, 4) is 0 Å². The van der Waals surface area contributed by atoms with Gasteiger partial charge in [0.1, 0.15) is 0 Å². The summed E-state index contributed by atoms with van der Waals surface area (Å²) in [4.78, 5) is 18.1. The molecule has 94 valence electrons. The number of benzene rings is 1. The van der Waals surface area contributed by atoms with Gasteiger partial charge in [-0.2, -0.15) is 0 Å². The van der Waals surface area contributed by atoms with E-state index in [-0.39, 0.29) is 5.91 Å². The largest absolute Gasteiger partial charge is 0.398 e. The highest BCUT2D eigenvalue weighted by molar-refractivity contribution is 7.07. The minimum Gasteiger partial charge on any atom is -0.398 e. The average Bonchev–Trinajstić information content (AvgIpc) is 2.81. The van der Waals surface area contributed by atoms with Crippen molar-refractivity contribution in [3.05, 3.63) is 45.9 Å². The second-order valence-corrected chi connectivity index (χ2v) is 4.90. The Bertz CT molecular complexity index is 531. The molecule has 5 heteroatoms. The van der Waals surface area contributed by atoms with Crippen molar-refractivity contribution in [2.45, 2.75) is 13.5 Å². The van der Waals surface area contributed by atoms with Crippen LogP contribution < -0.4 is 5.73 Å². The molecule has 2 aromatic rings. The van der Waals surface area contributed by atoms with Crippen LogP contribution in [-0.2, 0) is 6.54 Å². The fourth-order valence-electron chi connectivity index (χ4n) is 1.80. The summed E-state index contributed by atoms with van der Waals surface area (Å²) in [6.45, 7) is 2.39. The molecule has 0 spiro atoms. The molecule has 1 aromatic carbocycles. The number of hydrogen-bond donors (Lipinski definition) is 1. The van der Waals surface area contributed by atoms with Gasteiger partial charge in [0, 0.05) is 18.1 Å². The Hall–Kier alpha value is -1.88. The van der Waals surface area contributed by atoms with Crippen LogP contribution in [0.15, 0.2) is 29.1 Å². The third kappa shape index (κ3) is 2.51. The zero-order valence-electron chi connectivity index (χ0n) is 10.4. The Morgan fingerprint density at radius 2 is 2.28 bits per heavy atom. The Morgan fingerprint density at radius 3 is 2.89 bits per heavy atom. The molecule has 0 unspecified atom stereocenters. The number of nitrogens with two attached hydrogens (primary N) is 1. The van der Waals surface area contributed by atoms with Crippen molar-refractivity contribution < 1.29 is 4.79 Å². The Labute approximate surface area is 110 Å². The van der Waals surface area contributed by atoms with E-state index in [0.29, 0.717) is 17.8 Å². The zero-order valence-corrected chi connectivity index (χ0v) is 11.2. The molecule has 0 saturated carbocycles. The molecule has 2 N–H and O–H groups in total. The highest BCUT2D eigenvalue weighted by atomic mass is 32.1. The van der Waals surface area contributed by atoms with E-state index < -0.39 is 0 Å². The Kier molecular flexibility index (Phi) is 3.62. The van der Waals surface area contributed by atoms with Gasteiger partial charge >= 0.3 is 0 Å². The standard InChI is InChI=1S/C13H15N3OS/c1-9-4-3-5-11(14)12(9)13(17)16(2)6-10-7-18-8-15-10/h3-5,7-8H,6,14H2,1-2H3. The first-order chi connectivity index (χ1) is 8.59. The van der Waals surface area contributed by atoms with Crippen LogP contribution in [0, 0.1) is 6.92 Å². The Balaban J connectivity index is 2.21. The van der Waals surface area contributed by atoms with Crippen molar-refractivity contribution in [3.63, 3.8) is 0 Å². The first kappa shape index (κ1) is 12.6. The van der Waals surface area contributed by atoms with E-state index >= 15 is 0 Å². The summed E-state index contributed by atoms with van der Waals surface area (Å²) in [7, 11) is 1.76. The number of aromatic nitrogens is 1. The molecular formula is C13H15N3OS. The SMILES string of the molecule is Cc1cccc(N)c1C(=O)N(C)Cc1cscn1. The van der Waals surface area contributed by atoms with Gasteiger partial charge in [-0.15, -0.1) is 11.3 Å². The summed E-state index contributed by atoms with van der Waals surface area (Å²) in [5.74, 6) is -0.0707. The van der Waals surface area contributed by atoms with Gasteiger partial charge in [0.05, 0.1) is 23.3 Å². The Morgan fingerprint density at radius 1 is 1.50 bits per heavy atom. The molecule has 1 heterocycles. The number of carbonyl (C=O) groups excluding carboxylic acids is 1. The maximum absolute atomic E-state index is 12.3. The second kappa shape index (κ2) is 5.18. The topological polar surface area (TPSA) is 59.2 Å². The van der Waals surface area contributed by atoms with Crippen LogP contribution in [0.4, 0.5) is 5.69 Å². The van der Waals surface area contributed by atoms with Crippen LogP contribution in [0.3, 0.4) is 0 Å². The van der Waals surface area contributed by atoms with Gasteiger partial charge in [-0.1, -0.05) is 12.1 Å². The van der Waals surface area contributed by atoms with Crippen LogP contribution in [0.5, 0.6) is 0 Å². The van der Waals surface area contributed by atoms with Crippen LogP contribution in [0.25, 0.3) is 0 Å². The monoisotopic (exact) mass is 261 g/mol. The molecule has 0 fully saturated rings. The zero-order chi connectivity index (χ0) is 13.1. The second-order valence-electron chi connectivity index (χ2n) is 4.18. The smallest absolute Gasteiger partial charge is 0.256 e. The number of thiazole rings is 1. The molecular weight excluding hydrogens is 246 g/mol. The van der Waals surface area contributed by atoms with Gasteiger partial charge in [0.2, 0.25) is 0 Å². The molecule has 0 bridgehead atoms. The molecule has 0 aliphatic heterocycles. The normalized spacial score (nSPS) is 10.3. The lowest BCUT2D eigenvalue weighted by atomic mass is 10.1. The molecule has 1 aromatic heterocycles. The average molecular weight is 261 g/mol. The van der Waals surface area contributed by atoms with E-state index in [1.807, 2.05) is 24.4 Å². The molecule has 4 nitrogen and oxygen atoms in total. The van der Waals surface area contributed by atoms with Gasteiger partial charge < -0.3 is 10.6 Å². The molecule has 18 heavy (non-hydrogen) atoms. The van der Waals surface area contributed by atoms with Crippen molar-refractivity contribution in [1.82, 2.24) is 9.88 Å². The molecule has 0 saturated heterocycles. The number of carbonyl (C=O) groups is 1. The number of anilines is 1. The van der Waals surface area contributed by atoms with Crippen molar-refractivity contribution >= 4 is 22.9 Å². The van der Waals surface area contributed by atoms with E-state index in [2.05, 4.69) is 4.98 Å². The summed E-state index contributed by atoms with van der Waals surface area (Å²) >= 11 is 1.52. The van der Waals surface area contributed by atoms with Crippen LogP contribution in [-0.4, -0.2) is 22.8 Å². The van der Waals surface area contributed by atoms with E-state index in [1.54, 1.807) is 23.5 Å². The summed E-state index contributed by atoms with van der Waals surface area (Å²) in [5.41, 5.74) is 10.5. The maximum Gasteiger partial charge on any atom is 0.256 e. The van der Waals surface area contributed by atoms with Gasteiger partial charge in [0.15, 0.2) is 0 Å². The van der Waals surface area contributed by atoms with Gasteiger partial charge in [-0.3, -0.25) is 4.79 Å². The molecule has 0 radical (unpaired) electrons.